The molecule has 4 bridgehead atoms. The van der Waals surface area contributed by atoms with E-state index in [0.29, 0.717) is 0 Å². The molecule has 47 heavy (non-hydrogen) atoms. The van der Waals surface area contributed by atoms with Gasteiger partial charge in [-0.3, -0.25) is 43.5 Å². The molecule has 9 N–H and O–H groups in total. The Morgan fingerprint density at radius 2 is 1.89 bits per heavy atom. The molecular weight excluding hydrogens is 674 g/mol. The number of hydrogen-bond acceptors (Lipinski definition) is 19. The fourth-order valence-corrected chi connectivity index (χ4v) is 8.73. The lowest BCUT2D eigenvalue weighted by Gasteiger charge is -2.39. The molecule has 6 aliphatic heterocycles. The van der Waals surface area contributed by atoms with E-state index in [1.807, 2.05) is 0 Å². The third-order valence-corrected chi connectivity index (χ3v) is 10.8. The van der Waals surface area contributed by atoms with E-state index in [1.165, 1.54) is 28.5 Å². The normalized spacial score (nSPS) is 46.5. The van der Waals surface area contributed by atoms with Crippen LogP contribution in [-0.2, 0) is 46.2 Å². The second kappa shape index (κ2) is 11.1. The van der Waals surface area contributed by atoms with Crippen LogP contribution in [0.2, 0.25) is 0 Å². The molecule has 2 aromatic heterocycles. The summed E-state index contributed by atoms with van der Waals surface area (Å²) >= 11 is 0. The monoisotopic (exact) mass is 704 g/mol. The number of nitrogens with two attached hydrogens (primary N) is 2. The van der Waals surface area contributed by atoms with Crippen molar-refractivity contribution < 1.29 is 61.1 Å². The average Bonchev–Trinajstić information content (AvgIpc) is 3.82. The first-order valence-electron chi connectivity index (χ1n) is 14.3. The summed E-state index contributed by atoms with van der Waals surface area (Å²) in [7, 11) is -9.99. The maximum atomic E-state index is 13.6. The highest BCUT2D eigenvalue weighted by Gasteiger charge is 2.66. The summed E-state index contributed by atoms with van der Waals surface area (Å²) in [6.45, 7) is -2.30. The molecule has 6 aliphatic rings. The Labute approximate surface area is 263 Å². The molecule has 256 valence electrons. The van der Waals surface area contributed by atoms with E-state index >= 15 is 0 Å². The van der Waals surface area contributed by atoms with Gasteiger partial charge in [-0.05, 0) is 0 Å². The number of carbonyl (C=O) groups is 1. The number of aliphatic hydroxyl groups is 1. The number of aliphatic hydroxyl groups excluding tert-OH is 1. The van der Waals surface area contributed by atoms with E-state index in [0.717, 1.165) is 0 Å². The molecule has 13 unspecified atom stereocenters. The predicted octanol–water partition coefficient (Wildman–Crippen LogP) is -3.57. The Balaban J connectivity index is 1.11. The van der Waals surface area contributed by atoms with Gasteiger partial charge in [0.25, 0.3) is 5.91 Å². The number of nitrogens with one attached hydrogen (secondary N) is 2. The molecule has 5 saturated heterocycles. The van der Waals surface area contributed by atoms with Gasteiger partial charge in [-0.15, -0.1) is 0 Å². The van der Waals surface area contributed by atoms with Gasteiger partial charge in [-0.25, -0.2) is 24.1 Å². The Morgan fingerprint density at radius 1 is 1.09 bits per heavy atom. The van der Waals surface area contributed by atoms with Crippen molar-refractivity contribution >= 4 is 44.9 Å². The van der Waals surface area contributed by atoms with Gasteiger partial charge in [-0.2, -0.15) is 0 Å². The second-order valence-electron chi connectivity index (χ2n) is 11.7. The highest BCUT2D eigenvalue weighted by Crippen LogP contribution is 2.58. The van der Waals surface area contributed by atoms with Gasteiger partial charge in [0.15, 0.2) is 30.0 Å². The fraction of sp³-hybridized carbons (Fsp3) is 0.682. The Hall–Kier alpha value is -2.73. The highest BCUT2D eigenvalue weighted by molar-refractivity contribution is 7.47. The fourth-order valence-electron chi connectivity index (χ4n) is 6.73. The first-order chi connectivity index (χ1) is 22.4. The third-order valence-electron chi connectivity index (χ3n) is 8.91. The Morgan fingerprint density at radius 3 is 2.70 bits per heavy atom. The molecule has 0 spiro atoms. The van der Waals surface area contributed by atoms with E-state index < -0.39 is 108 Å². The van der Waals surface area contributed by atoms with E-state index in [1.54, 1.807) is 0 Å². The van der Waals surface area contributed by atoms with Crippen LogP contribution < -0.4 is 22.1 Å². The minimum absolute atomic E-state index is 0.0993. The number of nitrogens with zero attached hydrogens (tertiary/aromatic N) is 6. The van der Waals surface area contributed by atoms with Crippen LogP contribution in [0, 0.1) is 5.92 Å². The Kier molecular flexibility index (Phi) is 7.48. The minimum atomic E-state index is -5.04. The number of ether oxygens (including phenoxy) is 3. The molecule has 0 radical (unpaired) electrons. The van der Waals surface area contributed by atoms with Crippen LogP contribution in [0.25, 0.3) is 11.2 Å². The third kappa shape index (κ3) is 5.18. The number of phosphoric ester groups is 2. The Bertz CT molecular complexity index is 1720. The minimum Gasteiger partial charge on any atom is -0.396 e. The van der Waals surface area contributed by atoms with E-state index in [4.69, 9.17) is 43.8 Å². The molecule has 1 amide bonds. The standard InChI is InChI=1S/C22H30N10O13P2/c23-15-10-16(26-5-25-15)31(6-27-10)20-13-14-22(43-20,3-39-13)4-41-47(37,38)44-12-8(1-33)9(2-40-46(35,36)45-14)42-19(12)32-7-28-11-17(32)29-21(24)30-18(11)34/h5-9,11-14,17,19-21,29,33H,1-4,24H2,(H,30,34)(H,35,36)(H,37,38)(H2,23,25,26). The van der Waals surface area contributed by atoms with Gasteiger partial charge in [0.2, 0.25) is 0 Å². The SMILES string of the molecule is Nc1ncnc2c1ncn2C1OC23COC1C2OP(=O)(O)OCC1OC(N2C=NC4C(=O)NC(N)NC42)C(OP(=O)(O)OC3)C1CO. The molecule has 5 fully saturated rings. The van der Waals surface area contributed by atoms with Gasteiger partial charge in [0, 0.05) is 5.92 Å². The molecule has 2 aromatic rings. The summed E-state index contributed by atoms with van der Waals surface area (Å²) in [5, 5.41) is 15.8. The van der Waals surface area contributed by atoms with Crippen LogP contribution in [0.3, 0.4) is 0 Å². The number of anilines is 1. The summed E-state index contributed by atoms with van der Waals surface area (Å²) in [4.78, 5) is 52.3. The number of imidazole rings is 1. The molecule has 8 rings (SSSR count). The van der Waals surface area contributed by atoms with Crippen LogP contribution in [0.5, 0.6) is 0 Å². The van der Waals surface area contributed by atoms with Crippen LogP contribution >= 0.6 is 15.6 Å². The lowest BCUT2D eigenvalue weighted by atomic mass is 9.99. The van der Waals surface area contributed by atoms with Crippen molar-refractivity contribution in [1.29, 1.82) is 0 Å². The number of hydrogen-bond donors (Lipinski definition) is 7. The van der Waals surface area contributed by atoms with Gasteiger partial charge in [-0.1, -0.05) is 0 Å². The van der Waals surface area contributed by atoms with Gasteiger partial charge in [0.05, 0.1) is 45.2 Å². The van der Waals surface area contributed by atoms with Crippen LogP contribution in [-0.4, -0.2) is 133 Å². The summed E-state index contributed by atoms with van der Waals surface area (Å²) in [6.07, 6.45) is -5.36. The molecule has 0 aromatic carbocycles. The molecule has 8 heterocycles. The van der Waals surface area contributed by atoms with Crippen LogP contribution in [0.15, 0.2) is 17.6 Å². The van der Waals surface area contributed by atoms with Gasteiger partial charge in [0.1, 0.15) is 48.2 Å². The lowest BCUT2D eigenvalue weighted by molar-refractivity contribution is -0.184. The molecule has 0 aliphatic carbocycles. The number of phosphoric acid groups is 2. The smallest absolute Gasteiger partial charge is 0.396 e. The summed E-state index contributed by atoms with van der Waals surface area (Å²) in [5.74, 6) is -1.47. The maximum absolute atomic E-state index is 13.6. The van der Waals surface area contributed by atoms with Crippen LogP contribution in [0.4, 0.5) is 5.82 Å². The van der Waals surface area contributed by atoms with Crippen molar-refractivity contribution in [2.24, 2.45) is 16.6 Å². The highest BCUT2D eigenvalue weighted by atomic mass is 31.2. The zero-order valence-corrected chi connectivity index (χ0v) is 25.8. The summed E-state index contributed by atoms with van der Waals surface area (Å²) < 4.78 is 68.8. The zero-order valence-electron chi connectivity index (χ0n) is 24.0. The van der Waals surface area contributed by atoms with Crippen molar-refractivity contribution in [1.82, 2.24) is 35.1 Å². The molecule has 0 saturated carbocycles. The number of aliphatic imine (C=N–C) groups is 1. The van der Waals surface area contributed by atoms with Gasteiger partial charge < -0.3 is 45.1 Å². The zero-order chi connectivity index (χ0) is 32.9. The maximum Gasteiger partial charge on any atom is 0.472 e. The van der Waals surface area contributed by atoms with Gasteiger partial charge >= 0.3 is 15.6 Å². The molecule has 25 heteroatoms. The van der Waals surface area contributed by atoms with Crippen molar-refractivity contribution in [2.45, 2.75) is 61.0 Å². The molecular formula is C22H30N10O13P2. The largest absolute Gasteiger partial charge is 0.472 e. The van der Waals surface area contributed by atoms with Crippen molar-refractivity contribution in [3.05, 3.63) is 12.7 Å². The van der Waals surface area contributed by atoms with E-state index in [-0.39, 0.29) is 23.6 Å². The van der Waals surface area contributed by atoms with E-state index in [2.05, 4.69) is 30.6 Å². The second-order valence-corrected chi connectivity index (χ2v) is 14.5. The number of aromatic nitrogens is 4. The number of fused-ring (bicyclic) bond motifs is 4. The van der Waals surface area contributed by atoms with Crippen molar-refractivity contribution in [3.8, 4) is 0 Å². The number of amides is 1. The first kappa shape index (κ1) is 31.5. The predicted molar refractivity (Wildman–Crippen MR) is 150 cm³/mol. The average molecular weight is 704 g/mol. The van der Waals surface area contributed by atoms with Crippen molar-refractivity contribution in [2.75, 3.05) is 32.2 Å². The quantitative estimate of drug-likeness (QED) is 0.152. The summed E-state index contributed by atoms with van der Waals surface area (Å²) in [6, 6.07) is -0.954. The number of rotatable bonds is 3. The van der Waals surface area contributed by atoms with Crippen LogP contribution in [0.1, 0.15) is 6.23 Å². The first-order valence-corrected chi connectivity index (χ1v) is 17.3. The lowest BCUT2D eigenvalue weighted by Crippen LogP contribution is -2.70. The molecule has 23 nitrogen and oxygen atoms in total. The van der Waals surface area contributed by atoms with E-state index in [9.17, 15) is 28.8 Å². The number of nitrogen functional groups attached to an aromatic ring is 1. The number of carbonyl (C=O) groups excluding carboxylic acids is 1. The molecule has 13 atom stereocenters. The summed E-state index contributed by atoms with van der Waals surface area (Å²) in [5.41, 5.74) is 10.6. The van der Waals surface area contributed by atoms with Crippen molar-refractivity contribution in [3.63, 3.8) is 0 Å². The topological polar surface area (TPSA) is 312 Å².